The summed E-state index contributed by atoms with van der Waals surface area (Å²) in [5.74, 6) is 0.157. The number of nitrogens with zero attached hydrogens (tertiary/aromatic N) is 2. The minimum Gasteiger partial charge on any atom is -0.340 e. The summed E-state index contributed by atoms with van der Waals surface area (Å²) in [6, 6.07) is 3.85. The molecule has 0 radical (unpaired) electrons. The number of hydrogen-bond acceptors (Lipinski definition) is 3. The first-order valence-corrected chi connectivity index (χ1v) is 9.28. The number of nitrogens with one attached hydrogen (secondary N) is 1. The van der Waals surface area contributed by atoms with Crippen LogP contribution >= 0.6 is 22.9 Å². The lowest BCUT2D eigenvalue weighted by Gasteiger charge is -2.20. The number of aryl methyl sites for hydroxylation is 1. The summed E-state index contributed by atoms with van der Waals surface area (Å²) < 4.78 is 1.04. The highest BCUT2D eigenvalue weighted by atomic mass is 35.5. The fourth-order valence-corrected chi connectivity index (χ4v) is 3.99. The van der Waals surface area contributed by atoms with Crippen LogP contribution in [0.15, 0.2) is 12.1 Å². The molecule has 0 aliphatic carbocycles. The smallest absolute Gasteiger partial charge is 0.228 e. The first-order chi connectivity index (χ1) is 10.9. The van der Waals surface area contributed by atoms with E-state index in [-0.39, 0.29) is 5.91 Å². The van der Waals surface area contributed by atoms with Crippen LogP contribution in [0, 0.1) is 6.92 Å². The van der Waals surface area contributed by atoms with Gasteiger partial charge < -0.3 is 4.90 Å². The van der Waals surface area contributed by atoms with Crippen molar-refractivity contribution in [2.24, 2.45) is 0 Å². The van der Waals surface area contributed by atoms with E-state index in [1.165, 1.54) is 4.90 Å². The molecule has 126 valence electrons. The fraction of sp³-hybridized carbons (Fsp3) is 0.529. The van der Waals surface area contributed by atoms with Gasteiger partial charge in [-0.2, -0.15) is 0 Å². The summed E-state index contributed by atoms with van der Waals surface area (Å²) in [4.78, 5) is 20.5. The van der Waals surface area contributed by atoms with E-state index in [1.807, 2.05) is 30.9 Å². The standard InChI is InChI=1S/C17H24ClN3OS/c1-5-7-15(22)21(9-6-8-20(3)4)17-19-16-12(2)10-13(18)11-14(16)23-17/h10-11H,5-9H2,1-4H3/p+1. The highest BCUT2D eigenvalue weighted by Gasteiger charge is 2.20. The second-order valence-corrected chi connectivity index (χ2v) is 7.62. The Morgan fingerprint density at radius 3 is 2.78 bits per heavy atom. The molecule has 2 aromatic rings. The molecule has 4 nitrogen and oxygen atoms in total. The lowest BCUT2D eigenvalue weighted by Crippen LogP contribution is -3.05. The summed E-state index contributed by atoms with van der Waals surface area (Å²) in [7, 11) is 4.25. The van der Waals surface area contributed by atoms with E-state index in [1.54, 1.807) is 11.3 Å². The molecule has 0 spiro atoms. The summed E-state index contributed by atoms with van der Waals surface area (Å²) in [5, 5.41) is 1.51. The van der Waals surface area contributed by atoms with E-state index < -0.39 is 0 Å². The molecule has 6 heteroatoms. The number of benzene rings is 1. The molecule has 23 heavy (non-hydrogen) atoms. The molecular weight excluding hydrogens is 330 g/mol. The first-order valence-electron chi connectivity index (χ1n) is 8.08. The van der Waals surface area contributed by atoms with Crippen molar-refractivity contribution < 1.29 is 9.69 Å². The molecule has 1 aromatic heterocycles. The van der Waals surface area contributed by atoms with Crippen LogP contribution in [-0.4, -0.2) is 38.1 Å². The van der Waals surface area contributed by atoms with Gasteiger partial charge in [-0.1, -0.05) is 29.9 Å². The van der Waals surface area contributed by atoms with Gasteiger partial charge in [0.1, 0.15) is 0 Å². The minimum absolute atomic E-state index is 0.157. The lowest BCUT2D eigenvalue weighted by atomic mass is 10.2. The van der Waals surface area contributed by atoms with Crippen LogP contribution in [0.2, 0.25) is 5.02 Å². The van der Waals surface area contributed by atoms with E-state index in [0.29, 0.717) is 11.4 Å². The predicted octanol–water partition coefficient (Wildman–Crippen LogP) is 2.93. The summed E-state index contributed by atoms with van der Waals surface area (Å²) in [5.41, 5.74) is 2.00. The van der Waals surface area contributed by atoms with Gasteiger partial charge >= 0.3 is 0 Å². The van der Waals surface area contributed by atoms with E-state index in [9.17, 15) is 4.79 Å². The van der Waals surface area contributed by atoms with Gasteiger partial charge in [0.15, 0.2) is 5.13 Å². The Labute approximate surface area is 147 Å². The van der Waals surface area contributed by atoms with Gasteiger partial charge in [0.05, 0.1) is 30.9 Å². The Morgan fingerprint density at radius 1 is 1.39 bits per heavy atom. The Balaban J connectivity index is 2.30. The topological polar surface area (TPSA) is 37.6 Å². The second-order valence-electron chi connectivity index (χ2n) is 6.17. The maximum absolute atomic E-state index is 12.5. The second kappa shape index (κ2) is 8.08. The number of aromatic nitrogens is 1. The van der Waals surface area contributed by atoms with Crippen LogP contribution in [-0.2, 0) is 4.79 Å². The molecule has 1 N–H and O–H groups in total. The van der Waals surface area contributed by atoms with Crippen LogP contribution in [0.1, 0.15) is 31.7 Å². The quantitative estimate of drug-likeness (QED) is 0.830. The van der Waals surface area contributed by atoms with E-state index >= 15 is 0 Å². The Kier molecular flexibility index (Phi) is 6.39. The van der Waals surface area contributed by atoms with Crippen LogP contribution in [0.5, 0.6) is 0 Å². The van der Waals surface area contributed by atoms with Crippen molar-refractivity contribution in [3.05, 3.63) is 22.7 Å². The maximum Gasteiger partial charge on any atom is 0.228 e. The fourth-order valence-electron chi connectivity index (χ4n) is 2.52. The van der Waals surface area contributed by atoms with Gasteiger partial charge in [0.25, 0.3) is 0 Å². The molecule has 1 amide bonds. The number of hydrogen-bond donors (Lipinski definition) is 1. The summed E-state index contributed by atoms with van der Waals surface area (Å²) >= 11 is 7.69. The van der Waals surface area contributed by atoms with E-state index in [0.717, 1.165) is 46.8 Å². The largest absolute Gasteiger partial charge is 0.340 e. The molecule has 1 heterocycles. The Bertz CT molecular complexity index is 684. The molecule has 0 fully saturated rings. The molecular formula is C17H25ClN3OS+. The van der Waals surface area contributed by atoms with Gasteiger partial charge in [-0.05, 0) is 31.0 Å². The van der Waals surface area contributed by atoms with Crippen molar-refractivity contribution in [2.75, 3.05) is 32.1 Å². The van der Waals surface area contributed by atoms with Gasteiger partial charge in [-0.15, -0.1) is 0 Å². The number of quaternary nitrogens is 1. The number of carbonyl (C=O) groups is 1. The zero-order valence-corrected chi connectivity index (χ0v) is 15.9. The van der Waals surface area contributed by atoms with Crippen molar-refractivity contribution in [3.8, 4) is 0 Å². The molecule has 2 rings (SSSR count). The third-order valence-corrected chi connectivity index (χ3v) is 4.94. The van der Waals surface area contributed by atoms with Gasteiger partial charge in [0, 0.05) is 24.4 Å². The predicted molar refractivity (Wildman–Crippen MR) is 98.9 cm³/mol. The summed E-state index contributed by atoms with van der Waals surface area (Å²) in [6.45, 7) is 5.79. The number of thiazole rings is 1. The summed E-state index contributed by atoms with van der Waals surface area (Å²) in [6.07, 6.45) is 2.38. The van der Waals surface area contributed by atoms with E-state index in [2.05, 4.69) is 14.1 Å². The van der Waals surface area contributed by atoms with Crippen LogP contribution in [0.3, 0.4) is 0 Å². The third kappa shape index (κ3) is 4.66. The molecule has 0 aliphatic rings. The monoisotopic (exact) mass is 354 g/mol. The van der Waals surface area contributed by atoms with Crippen molar-refractivity contribution in [1.29, 1.82) is 0 Å². The molecule has 0 aliphatic heterocycles. The van der Waals surface area contributed by atoms with Crippen molar-refractivity contribution in [3.63, 3.8) is 0 Å². The number of fused-ring (bicyclic) bond motifs is 1. The van der Waals surface area contributed by atoms with Gasteiger partial charge in [-0.3, -0.25) is 9.69 Å². The van der Waals surface area contributed by atoms with Crippen molar-refractivity contribution >= 4 is 44.2 Å². The van der Waals surface area contributed by atoms with Crippen LogP contribution in [0.25, 0.3) is 10.2 Å². The zero-order valence-electron chi connectivity index (χ0n) is 14.3. The number of rotatable bonds is 7. The molecule has 1 aromatic carbocycles. The molecule has 0 saturated heterocycles. The van der Waals surface area contributed by atoms with Crippen LogP contribution in [0.4, 0.5) is 5.13 Å². The third-order valence-electron chi connectivity index (χ3n) is 3.69. The minimum atomic E-state index is 0.157. The normalized spacial score (nSPS) is 11.4. The number of amides is 1. The zero-order chi connectivity index (χ0) is 17.0. The van der Waals surface area contributed by atoms with Gasteiger partial charge in [0.2, 0.25) is 5.91 Å². The highest BCUT2D eigenvalue weighted by molar-refractivity contribution is 7.22. The Hall–Kier alpha value is -1.17. The molecule has 0 unspecified atom stereocenters. The molecule has 0 bridgehead atoms. The lowest BCUT2D eigenvalue weighted by molar-refractivity contribution is -0.858. The number of anilines is 1. The number of halogens is 1. The molecule has 0 atom stereocenters. The van der Waals surface area contributed by atoms with E-state index in [4.69, 9.17) is 16.6 Å². The highest BCUT2D eigenvalue weighted by Crippen LogP contribution is 2.33. The maximum atomic E-state index is 12.5. The van der Waals surface area contributed by atoms with Crippen LogP contribution < -0.4 is 9.80 Å². The SMILES string of the molecule is CCCC(=O)N(CCC[NH+](C)C)c1nc2c(C)cc(Cl)cc2s1. The Morgan fingerprint density at radius 2 is 2.13 bits per heavy atom. The van der Waals surface area contributed by atoms with Gasteiger partial charge in [-0.25, -0.2) is 4.98 Å². The average Bonchev–Trinajstić information content (AvgIpc) is 2.87. The average molecular weight is 355 g/mol. The molecule has 0 saturated carbocycles. The van der Waals surface area contributed by atoms with Crippen molar-refractivity contribution in [2.45, 2.75) is 33.1 Å². The first kappa shape index (κ1) is 18.2. The van der Waals surface area contributed by atoms with Crippen molar-refractivity contribution in [1.82, 2.24) is 4.98 Å². The number of carbonyl (C=O) groups excluding carboxylic acids is 1.